The zero-order valence-corrected chi connectivity index (χ0v) is 13.0. The number of nitrogens with zero attached hydrogens (tertiary/aromatic N) is 1. The van der Waals surface area contributed by atoms with E-state index in [2.05, 4.69) is 0 Å². The Hall–Kier alpha value is -0.430. The first-order chi connectivity index (χ1) is 9.05. The van der Waals surface area contributed by atoms with Crippen LogP contribution in [0.3, 0.4) is 0 Å². The summed E-state index contributed by atoms with van der Waals surface area (Å²) in [6, 6.07) is 3.71. The highest BCUT2D eigenvalue weighted by Gasteiger charge is 2.30. The molecule has 1 saturated heterocycles. The van der Waals surface area contributed by atoms with Crippen molar-refractivity contribution in [3.05, 3.63) is 17.0 Å². The second-order valence-electron chi connectivity index (χ2n) is 5.07. The average molecular weight is 302 g/mol. The molecule has 0 amide bonds. The van der Waals surface area contributed by atoms with E-state index < -0.39 is 10.0 Å². The molecule has 1 atom stereocenters. The summed E-state index contributed by atoms with van der Waals surface area (Å²) in [5.41, 5.74) is 5.51. The fourth-order valence-electron chi connectivity index (χ4n) is 2.49. The molecule has 1 aliphatic heterocycles. The molecule has 0 aliphatic carbocycles. The summed E-state index contributed by atoms with van der Waals surface area (Å²) in [6.07, 6.45) is 4.91. The predicted molar refractivity (Wildman–Crippen MR) is 78.9 cm³/mol. The Morgan fingerprint density at radius 3 is 2.89 bits per heavy atom. The molecule has 0 aromatic carbocycles. The summed E-state index contributed by atoms with van der Waals surface area (Å²) in [5, 5.41) is 0. The van der Waals surface area contributed by atoms with E-state index in [1.807, 2.05) is 13.0 Å². The van der Waals surface area contributed by atoms with Gasteiger partial charge < -0.3 is 5.73 Å². The topological polar surface area (TPSA) is 63.4 Å². The minimum absolute atomic E-state index is 0.104. The van der Waals surface area contributed by atoms with Crippen molar-refractivity contribution in [1.29, 1.82) is 0 Å². The highest BCUT2D eigenvalue weighted by Crippen LogP contribution is 2.29. The predicted octanol–water partition coefficient (Wildman–Crippen LogP) is 2.20. The third-order valence-electron chi connectivity index (χ3n) is 3.58. The quantitative estimate of drug-likeness (QED) is 0.927. The van der Waals surface area contributed by atoms with Gasteiger partial charge >= 0.3 is 0 Å². The zero-order chi connectivity index (χ0) is 13.9. The van der Waals surface area contributed by atoms with Crippen molar-refractivity contribution in [1.82, 2.24) is 4.31 Å². The maximum atomic E-state index is 12.7. The van der Waals surface area contributed by atoms with Crippen LogP contribution in [0.5, 0.6) is 0 Å². The Morgan fingerprint density at radius 2 is 2.16 bits per heavy atom. The SMILES string of the molecule is CC1CCCCCN1S(=O)(=O)c1ccc(CCN)s1. The van der Waals surface area contributed by atoms with Gasteiger partial charge in [-0.15, -0.1) is 11.3 Å². The van der Waals surface area contributed by atoms with E-state index in [0.717, 1.165) is 37.0 Å². The molecule has 2 heterocycles. The normalized spacial score (nSPS) is 22.3. The Morgan fingerprint density at radius 1 is 1.37 bits per heavy atom. The lowest BCUT2D eigenvalue weighted by Gasteiger charge is -2.25. The Labute approximate surface area is 119 Å². The van der Waals surface area contributed by atoms with Gasteiger partial charge in [-0.3, -0.25) is 0 Å². The van der Waals surface area contributed by atoms with Crippen LogP contribution in [0.2, 0.25) is 0 Å². The maximum absolute atomic E-state index is 12.7. The second kappa shape index (κ2) is 6.35. The standard InChI is InChI=1S/C13H22N2O2S2/c1-11-5-3-2-4-10-15(11)19(16,17)13-7-6-12(18-13)8-9-14/h6-7,11H,2-5,8-10,14H2,1H3. The van der Waals surface area contributed by atoms with Gasteiger partial charge in [0.15, 0.2) is 0 Å². The molecular weight excluding hydrogens is 280 g/mol. The van der Waals surface area contributed by atoms with Crippen molar-refractivity contribution < 1.29 is 8.42 Å². The van der Waals surface area contributed by atoms with Gasteiger partial charge in [-0.25, -0.2) is 8.42 Å². The summed E-state index contributed by atoms with van der Waals surface area (Å²) in [6.45, 7) is 3.21. The van der Waals surface area contributed by atoms with Crippen LogP contribution in [0.15, 0.2) is 16.3 Å². The van der Waals surface area contributed by atoms with Crippen LogP contribution in [-0.4, -0.2) is 31.9 Å². The number of rotatable bonds is 4. The molecular formula is C13H22N2O2S2. The molecule has 1 aliphatic rings. The number of sulfonamides is 1. The van der Waals surface area contributed by atoms with Crippen LogP contribution >= 0.6 is 11.3 Å². The fraction of sp³-hybridized carbons (Fsp3) is 0.692. The molecule has 108 valence electrons. The minimum atomic E-state index is -3.32. The fourth-order valence-corrected chi connectivity index (χ4v) is 5.69. The lowest BCUT2D eigenvalue weighted by molar-refractivity contribution is 0.343. The van der Waals surface area contributed by atoms with Crippen molar-refractivity contribution in [2.75, 3.05) is 13.1 Å². The summed E-state index contributed by atoms with van der Waals surface area (Å²) >= 11 is 1.36. The zero-order valence-electron chi connectivity index (χ0n) is 11.3. The summed E-state index contributed by atoms with van der Waals surface area (Å²) in [5.74, 6) is 0. The number of nitrogens with two attached hydrogens (primary N) is 1. The number of hydrogen-bond acceptors (Lipinski definition) is 4. The highest BCUT2D eigenvalue weighted by molar-refractivity contribution is 7.91. The van der Waals surface area contributed by atoms with E-state index >= 15 is 0 Å². The lowest BCUT2D eigenvalue weighted by Crippen LogP contribution is -2.37. The van der Waals surface area contributed by atoms with Crippen molar-refractivity contribution in [2.24, 2.45) is 5.73 Å². The average Bonchev–Trinajstić information content (AvgIpc) is 2.72. The van der Waals surface area contributed by atoms with Gasteiger partial charge in [-0.05, 0) is 44.9 Å². The van der Waals surface area contributed by atoms with E-state index in [1.165, 1.54) is 11.3 Å². The van der Waals surface area contributed by atoms with Gasteiger partial charge in [0.2, 0.25) is 0 Å². The summed E-state index contributed by atoms with van der Waals surface area (Å²) in [7, 11) is -3.32. The third-order valence-corrected chi connectivity index (χ3v) is 7.21. The van der Waals surface area contributed by atoms with Crippen LogP contribution in [-0.2, 0) is 16.4 Å². The van der Waals surface area contributed by atoms with Gasteiger partial charge in [-0.2, -0.15) is 4.31 Å². The lowest BCUT2D eigenvalue weighted by atomic mass is 10.1. The van der Waals surface area contributed by atoms with Crippen LogP contribution in [0.4, 0.5) is 0 Å². The highest BCUT2D eigenvalue weighted by atomic mass is 32.2. The molecule has 1 unspecified atom stereocenters. The van der Waals surface area contributed by atoms with E-state index in [-0.39, 0.29) is 6.04 Å². The van der Waals surface area contributed by atoms with Gasteiger partial charge in [0, 0.05) is 17.5 Å². The van der Waals surface area contributed by atoms with Gasteiger partial charge in [-0.1, -0.05) is 12.8 Å². The monoisotopic (exact) mass is 302 g/mol. The second-order valence-corrected chi connectivity index (χ2v) is 8.36. The van der Waals surface area contributed by atoms with E-state index in [1.54, 1.807) is 10.4 Å². The van der Waals surface area contributed by atoms with Crippen molar-refractivity contribution in [3.63, 3.8) is 0 Å². The van der Waals surface area contributed by atoms with Crippen LogP contribution in [0.1, 0.15) is 37.5 Å². The molecule has 6 heteroatoms. The molecule has 0 radical (unpaired) electrons. The maximum Gasteiger partial charge on any atom is 0.252 e. The smallest absolute Gasteiger partial charge is 0.252 e. The molecule has 1 aromatic rings. The third kappa shape index (κ3) is 3.37. The molecule has 2 N–H and O–H groups in total. The molecule has 1 fully saturated rings. The van der Waals surface area contributed by atoms with Crippen molar-refractivity contribution in [3.8, 4) is 0 Å². The molecule has 4 nitrogen and oxygen atoms in total. The first-order valence-corrected chi connectivity index (χ1v) is 9.12. The van der Waals surface area contributed by atoms with Crippen molar-refractivity contribution in [2.45, 2.75) is 49.3 Å². The van der Waals surface area contributed by atoms with E-state index in [4.69, 9.17) is 5.73 Å². The van der Waals surface area contributed by atoms with Crippen LogP contribution < -0.4 is 5.73 Å². The van der Waals surface area contributed by atoms with Gasteiger partial charge in [0.25, 0.3) is 10.0 Å². The molecule has 0 saturated carbocycles. The number of thiophene rings is 1. The summed E-state index contributed by atoms with van der Waals surface area (Å²) < 4.78 is 27.5. The van der Waals surface area contributed by atoms with Gasteiger partial charge in [0.05, 0.1) is 0 Å². The van der Waals surface area contributed by atoms with E-state index in [0.29, 0.717) is 17.3 Å². The van der Waals surface area contributed by atoms with E-state index in [9.17, 15) is 8.42 Å². The largest absolute Gasteiger partial charge is 0.330 e. The molecule has 2 rings (SSSR count). The molecule has 1 aromatic heterocycles. The Bertz CT molecular complexity index is 510. The number of hydrogen-bond donors (Lipinski definition) is 1. The van der Waals surface area contributed by atoms with Gasteiger partial charge in [0.1, 0.15) is 4.21 Å². The molecule has 19 heavy (non-hydrogen) atoms. The first-order valence-electron chi connectivity index (χ1n) is 6.86. The minimum Gasteiger partial charge on any atom is -0.330 e. The first kappa shape index (κ1) is 15.0. The van der Waals surface area contributed by atoms with Crippen LogP contribution in [0.25, 0.3) is 0 Å². The summed E-state index contributed by atoms with van der Waals surface area (Å²) in [4.78, 5) is 1.04. The van der Waals surface area contributed by atoms with Crippen LogP contribution in [0, 0.1) is 0 Å². The Kier molecular flexibility index (Phi) is 5.00. The molecule has 0 spiro atoms. The Balaban J connectivity index is 2.24. The molecule has 0 bridgehead atoms. The van der Waals surface area contributed by atoms with Crippen molar-refractivity contribution >= 4 is 21.4 Å².